The zero-order valence-electron chi connectivity index (χ0n) is 15.1. The molecule has 1 N–H and O–H groups in total. The highest BCUT2D eigenvalue weighted by Crippen LogP contribution is 2.31. The Morgan fingerprint density at radius 2 is 1.83 bits per heavy atom. The quantitative estimate of drug-likeness (QED) is 0.525. The fourth-order valence-electron chi connectivity index (χ4n) is 2.79. The lowest BCUT2D eigenvalue weighted by Gasteiger charge is -2.07. The van der Waals surface area contributed by atoms with Crippen LogP contribution < -0.4 is 5.32 Å². The van der Waals surface area contributed by atoms with Gasteiger partial charge in [0.05, 0.1) is 15.9 Å². The lowest BCUT2D eigenvalue weighted by Crippen LogP contribution is -2.07. The van der Waals surface area contributed by atoms with Gasteiger partial charge in [-0.05, 0) is 36.4 Å². The van der Waals surface area contributed by atoms with E-state index in [1.165, 1.54) is 42.5 Å². The number of fused-ring (bicyclic) bond motifs is 1. The van der Waals surface area contributed by atoms with Crippen LogP contribution >= 0.6 is 11.3 Å². The number of sulfone groups is 1. The summed E-state index contributed by atoms with van der Waals surface area (Å²) in [4.78, 5) is 19.4. The van der Waals surface area contributed by atoms with Crippen molar-refractivity contribution in [3.05, 3.63) is 66.5 Å². The van der Waals surface area contributed by atoms with Gasteiger partial charge in [0.1, 0.15) is 10.7 Å². The molecule has 0 atom stereocenters. The van der Waals surface area contributed by atoms with E-state index in [0.717, 1.165) is 10.8 Å². The molecule has 0 saturated heterocycles. The number of nitrogens with zero attached hydrogens (tertiary/aromatic N) is 2. The first-order valence-electron chi connectivity index (χ1n) is 8.50. The molecule has 0 saturated carbocycles. The fraction of sp³-hybridized carbons (Fsp3) is 0.0500. The third-order valence-corrected chi connectivity index (χ3v) is 6.71. The van der Waals surface area contributed by atoms with Crippen LogP contribution in [0.2, 0.25) is 0 Å². The van der Waals surface area contributed by atoms with E-state index >= 15 is 0 Å². The summed E-state index contributed by atoms with van der Waals surface area (Å²) < 4.78 is 40.4. The molecule has 2 heterocycles. The average Bonchev–Trinajstić information content (AvgIpc) is 3.09. The Labute approximate surface area is 170 Å². The third kappa shape index (κ3) is 3.74. The van der Waals surface area contributed by atoms with Gasteiger partial charge in [-0.3, -0.25) is 4.79 Å². The third-order valence-electron chi connectivity index (χ3n) is 4.09. The molecule has 4 aromatic rings. The molecule has 0 fully saturated rings. The van der Waals surface area contributed by atoms with Gasteiger partial charge in [0.25, 0.3) is 0 Å². The first-order valence-corrected chi connectivity index (χ1v) is 10.8. The molecule has 4 rings (SSSR count). The number of amides is 1. The van der Waals surface area contributed by atoms with Gasteiger partial charge in [-0.15, -0.1) is 0 Å². The van der Waals surface area contributed by atoms with Crippen LogP contribution in [0.25, 0.3) is 21.5 Å². The highest BCUT2D eigenvalue weighted by molar-refractivity contribution is 7.91. The Morgan fingerprint density at radius 3 is 2.59 bits per heavy atom. The summed E-state index contributed by atoms with van der Waals surface area (Å²) in [7, 11) is -4.10. The summed E-state index contributed by atoms with van der Waals surface area (Å²) in [5, 5.41) is 2.89. The molecule has 2 aromatic carbocycles. The van der Waals surface area contributed by atoms with Crippen LogP contribution in [0.5, 0.6) is 0 Å². The van der Waals surface area contributed by atoms with Gasteiger partial charge >= 0.3 is 0 Å². The summed E-state index contributed by atoms with van der Waals surface area (Å²) in [6, 6.07) is 15.1. The molecule has 0 aliphatic carbocycles. The maximum absolute atomic E-state index is 14.0. The molecule has 0 aliphatic rings. The Kier molecular flexibility index (Phi) is 4.85. The fourth-order valence-corrected chi connectivity index (χ4v) is 5.02. The van der Waals surface area contributed by atoms with Gasteiger partial charge in [-0.1, -0.05) is 35.6 Å². The van der Waals surface area contributed by atoms with Crippen molar-refractivity contribution in [1.29, 1.82) is 0 Å². The minimum Gasteiger partial charge on any atom is -0.302 e. The van der Waals surface area contributed by atoms with Crippen molar-refractivity contribution in [2.24, 2.45) is 0 Å². The largest absolute Gasteiger partial charge is 0.302 e. The molecule has 146 valence electrons. The van der Waals surface area contributed by atoms with Crippen molar-refractivity contribution in [3.63, 3.8) is 0 Å². The van der Waals surface area contributed by atoms with E-state index in [1.807, 2.05) is 6.07 Å². The summed E-state index contributed by atoms with van der Waals surface area (Å²) in [6.07, 6.45) is 0. The topological polar surface area (TPSA) is 89.0 Å². The van der Waals surface area contributed by atoms with Crippen LogP contribution in [0.3, 0.4) is 0 Å². The molecule has 6 nitrogen and oxygen atoms in total. The molecule has 0 unspecified atom stereocenters. The van der Waals surface area contributed by atoms with E-state index in [4.69, 9.17) is 0 Å². The number of rotatable bonds is 4. The first kappa shape index (κ1) is 19.2. The zero-order valence-corrected chi connectivity index (χ0v) is 16.7. The molecule has 9 heteroatoms. The maximum Gasteiger partial charge on any atom is 0.226 e. The number of halogens is 1. The predicted molar refractivity (Wildman–Crippen MR) is 109 cm³/mol. The number of benzene rings is 2. The Hall–Kier alpha value is -3.17. The van der Waals surface area contributed by atoms with Crippen LogP contribution in [0, 0.1) is 5.82 Å². The van der Waals surface area contributed by atoms with Crippen molar-refractivity contribution < 1.29 is 17.6 Å². The zero-order chi connectivity index (χ0) is 20.6. The predicted octanol–water partition coefficient (Wildman–Crippen LogP) is 4.29. The number of nitrogens with one attached hydrogen (secondary N) is 1. The van der Waals surface area contributed by atoms with Crippen molar-refractivity contribution in [3.8, 4) is 11.3 Å². The number of carbonyl (C=O) groups is 1. The van der Waals surface area contributed by atoms with Crippen LogP contribution in [0.1, 0.15) is 6.92 Å². The van der Waals surface area contributed by atoms with Gasteiger partial charge in [-0.25, -0.2) is 22.8 Å². The summed E-state index contributed by atoms with van der Waals surface area (Å²) >= 11 is 1.30. The van der Waals surface area contributed by atoms with Gasteiger partial charge in [0.15, 0.2) is 10.2 Å². The molecule has 1 amide bonds. The van der Waals surface area contributed by atoms with Crippen molar-refractivity contribution >= 4 is 42.4 Å². The van der Waals surface area contributed by atoms with Crippen molar-refractivity contribution in [1.82, 2.24) is 9.97 Å². The smallest absolute Gasteiger partial charge is 0.226 e. The molecule has 0 spiro atoms. The van der Waals surface area contributed by atoms with Gasteiger partial charge in [-0.2, -0.15) is 0 Å². The lowest BCUT2D eigenvalue weighted by atomic mass is 10.1. The highest BCUT2D eigenvalue weighted by atomic mass is 32.2. The van der Waals surface area contributed by atoms with Crippen LogP contribution in [0.4, 0.5) is 9.52 Å². The van der Waals surface area contributed by atoms with Gasteiger partial charge in [0, 0.05) is 12.5 Å². The van der Waals surface area contributed by atoms with Crippen molar-refractivity contribution in [2.45, 2.75) is 16.8 Å². The number of anilines is 1. The van der Waals surface area contributed by atoms with E-state index < -0.39 is 20.5 Å². The van der Waals surface area contributed by atoms with E-state index in [2.05, 4.69) is 15.3 Å². The van der Waals surface area contributed by atoms with Crippen LogP contribution in [-0.2, 0) is 14.6 Å². The van der Waals surface area contributed by atoms with Crippen LogP contribution in [0.15, 0.2) is 70.6 Å². The molecular weight excluding hydrogens is 413 g/mol. The molecule has 0 aliphatic heterocycles. The van der Waals surface area contributed by atoms with E-state index in [1.54, 1.807) is 24.3 Å². The number of pyridine rings is 1. The second kappa shape index (κ2) is 7.34. The van der Waals surface area contributed by atoms with Crippen molar-refractivity contribution in [2.75, 3.05) is 5.32 Å². The summed E-state index contributed by atoms with van der Waals surface area (Å²) in [5.41, 5.74) is 1.82. The number of thiazole rings is 1. The Bertz CT molecular complexity index is 1350. The normalized spacial score (nSPS) is 11.5. The number of hydrogen-bond acceptors (Lipinski definition) is 6. The summed E-state index contributed by atoms with van der Waals surface area (Å²) in [5.74, 6) is -1.03. The molecule has 2 aromatic heterocycles. The lowest BCUT2D eigenvalue weighted by molar-refractivity contribution is -0.114. The monoisotopic (exact) mass is 427 g/mol. The number of carbonyl (C=O) groups excluding carboxylic acids is 1. The first-order chi connectivity index (χ1) is 13.8. The van der Waals surface area contributed by atoms with E-state index in [0.29, 0.717) is 21.9 Å². The number of hydrogen-bond donors (Lipinski definition) is 1. The van der Waals surface area contributed by atoms with Gasteiger partial charge < -0.3 is 5.32 Å². The molecule has 0 bridgehead atoms. The second-order valence-electron chi connectivity index (χ2n) is 6.18. The second-order valence-corrected chi connectivity index (χ2v) is 9.07. The standard InChI is InChI=1S/C20H14FN3O3S2/c1-12(25)22-20-24-16-10-9-13(11-17(16)28-20)15-6-4-8-19(23-15)29(26,27)18-7-3-2-5-14(18)21/h2-11H,1H3,(H,22,24,25). The molecular formula is C20H14FN3O3S2. The van der Waals surface area contributed by atoms with E-state index in [9.17, 15) is 17.6 Å². The highest BCUT2D eigenvalue weighted by Gasteiger charge is 2.23. The Morgan fingerprint density at radius 1 is 1.03 bits per heavy atom. The Balaban J connectivity index is 1.75. The minimum atomic E-state index is -4.10. The maximum atomic E-state index is 14.0. The van der Waals surface area contributed by atoms with Gasteiger partial charge in [0.2, 0.25) is 15.7 Å². The summed E-state index contributed by atoms with van der Waals surface area (Å²) in [6.45, 7) is 1.41. The number of aromatic nitrogens is 2. The SMILES string of the molecule is CC(=O)Nc1nc2ccc(-c3cccc(S(=O)(=O)c4ccccc4F)n3)cc2s1. The van der Waals surface area contributed by atoms with Crippen LogP contribution in [-0.4, -0.2) is 24.3 Å². The molecule has 0 radical (unpaired) electrons. The molecule has 29 heavy (non-hydrogen) atoms. The minimum absolute atomic E-state index is 0.211. The van der Waals surface area contributed by atoms with E-state index in [-0.39, 0.29) is 10.9 Å². The average molecular weight is 427 g/mol.